The largest absolute Gasteiger partial charge is 0.497 e. The molecule has 0 aliphatic carbocycles. The standard InChI is InChI=1S/C23H30ClN3O2/c1-23(2,24)21(14-26-3)22(25)27(15-17-6-10-19(28-4)11-7-17)16-18-8-12-20(29-5)13-9-18/h6-14,25-26H,15-16H2,1-5H3/b21-14-,25-22?. The van der Waals surface area contributed by atoms with Gasteiger partial charge in [0, 0.05) is 31.9 Å². The Hall–Kier alpha value is -2.66. The molecule has 0 aromatic heterocycles. The Balaban J connectivity index is 2.34. The van der Waals surface area contributed by atoms with Crippen LogP contribution in [0.1, 0.15) is 25.0 Å². The van der Waals surface area contributed by atoms with Crippen molar-refractivity contribution in [1.29, 1.82) is 5.41 Å². The average Bonchev–Trinajstić information content (AvgIpc) is 2.71. The van der Waals surface area contributed by atoms with Crippen LogP contribution >= 0.6 is 11.6 Å². The monoisotopic (exact) mass is 415 g/mol. The summed E-state index contributed by atoms with van der Waals surface area (Å²) < 4.78 is 10.5. The first kappa shape index (κ1) is 22.6. The number of ether oxygens (including phenoxy) is 2. The highest BCUT2D eigenvalue weighted by molar-refractivity contribution is 6.28. The molecule has 29 heavy (non-hydrogen) atoms. The zero-order chi connectivity index (χ0) is 21.4. The van der Waals surface area contributed by atoms with Gasteiger partial charge in [-0.15, -0.1) is 11.6 Å². The summed E-state index contributed by atoms with van der Waals surface area (Å²) in [6, 6.07) is 15.8. The maximum absolute atomic E-state index is 8.90. The first-order valence-corrected chi connectivity index (χ1v) is 9.82. The fourth-order valence-electron chi connectivity index (χ4n) is 2.95. The second-order valence-corrected chi connectivity index (χ2v) is 8.16. The number of alkyl halides is 1. The zero-order valence-electron chi connectivity index (χ0n) is 17.8. The van der Waals surface area contributed by atoms with Crippen LogP contribution in [0, 0.1) is 5.41 Å². The van der Waals surface area contributed by atoms with E-state index in [1.807, 2.05) is 74.3 Å². The molecule has 0 heterocycles. The van der Waals surface area contributed by atoms with Crippen LogP contribution in [0.2, 0.25) is 0 Å². The van der Waals surface area contributed by atoms with Gasteiger partial charge in [0.1, 0.15) is 17.3 Å². The molecule has 156 valence electrons. The molecular formula is C23H30ClN3O2. The molecule has 6 heteroatoms. The van der Waals surface area contributed by atoms with Gasteiger partial charge in [0.25, 0.3) is 0 Å². The van der Waals surface area contributed by atoms with Gasteiger partial charge >= 0.3 is 0 Å². The smallest absolute Gasteiger partial charge is 0.127 e. The molecule has 0 aliphatic rings. The van der Waals surface area contributed by atoms with Crippen LogP contribution in [0.5, 0.6) is 11.5 Å². The maximum Gasteiger partial charge on any atom is 0.127 e. The van der Waals surface area contributed by atoms with Crippen LogP contribution in [0.3, 0.4) is 0 Å². The second kappa shape index (κ2) is 10.2. The summed E-state index contributed by atoms with van der Waals surface area (Å²) >= 11 is 6.59. The van der Waals surface area contributed by atoms with Gasteiger partial charge in [0.15, 0.2) is 0 Å². The zero-order valence-corrected chi connectivity index (χ0v) is 18.5. The number of halogens is 1. The Morgan fingerprint density at radius 2 is 1.38 bits per heavy atom. The molecule has 2 N–H and O–H groups in total. The minimum absolute atomic E-state index is 0.381. The molecule has 0 amide bonds. The van der Waals surface area contributed by atoms with Gasteiger partial charge < -0.3 is 19.7 Å². The van der Waals surface area contributed by atoms with E-state index in [0.717, 1.165) is 28.2 Å². The summed E-state index contributed by atoms with van der Waals surface area (Å²) in [4.78, 5) is 1.33. The van der Waals surface area contributed by atoms with E-state index in [4.69, 9.17) is 26.5 Å². The number of hydrogen-bond donors (Lipinski definition) is 2. The summed E-state index contributed by atoms with van der Waals surface area (Å²) in [5, 5.41) is 11.9. The van der Waals surface area contributed by atoms with Crippen LogP contribution in [-0.2, 0) is 13.1 Å². The van der Waals surface area contributed by atoms with E-state index < -0.39 is 4.87 Å². The van der Waals surface area contributed by atoms with Crippen molar-refractivity contribution in [2.75, 3.05) is 21.3 Å². The van der Waals surface area contributed by atoms with Gasteiger partial charge in [0.2, 0.25) is 0 Å². The number of nitrogens with zero attached hydrogens (tertiary/aromatic N) is 1. The lowest BCUT2D eigenvalue weighted by Crippen LogP contribution is -2.36. The van der Waals surface area contributed by atoms with Crippen LogP contribution in [0.15, 0.2) is 60.3 Å². The molecule has 2 rings (SSSR count). The van der Waals surface area contributed by atoms with E-state index in [0.29, 0.717) is 18.9 Å². The molecule has 0 atom stereocenters. The second-order valence-electron chi connectivity index (χ2n) is 7.22. The van der Waals surface area contributed by atoms with E-state index in [1.54, 1.807) is 20.4 Å². The third-order valence-electron chi connectivity index (χ3n) is 4.57. The number of amidine groups is 1. The number of benzene rings is 2. The first-order chi connectivity index (χ1) is 13.8. The van der Waals surface area contributed by atoms with Gasteiger partial charge in [-0.05, 0) is 49.2 Å². The maximum atomic E-state index is 8.90. The van der Waals surface area contributed by atoms with Gasteiger partial charge in [0.05, 0.1) is 19.1 Å². The number of rotatable bonds is 9. The van der Waals surface area contributed by atoms with Gasteiger partial charge in [-0.1, -0.05) is 24.3 Å². The minimum Gasteiger partial charge on any atom is -0.497 e. The quantitative estimate of drug-likeness (QED) is 0.350. The lowest BCUT2D eigenvalue weighted by Gasteiger charge is -2.31. The van der Waals surface area contributed by atoms with Crippen molar-refractivity contribution in [3.05, 3.63) is 71.4 Å². The fourth-order valence-corrected chi connectivity index (χ4v) is 3.10. The third kappa shape index (κ3) is 6.43. The fraction of sp³-hybridized carbons (Fsp3) is 0.348. The van der Waals surface area contributed by atoms with Crippen molar-refractivity contribution in [2.24, 2.45) is 0 Å². The highest BCUT2D eigenvalue weighted by atomic mass is 35.5. The van der Waals surface area contributed by atoms with Crippen molar-refractivity contribution in [3.63, 3.8) is 0 Å². The number of methoxy groups -OCH3 is 2. The van der Waals surface area contributed by atoms with Crippen molar-refractivity contribution < 1.29 is 9.47 Å². The Morgan fingerprint density at radius 1 is 0.966 bits per heavy atom. The molecule has 2 aromatic carbocycles. The van der Waals surface area contributed by atoms with E-state index in [2.05, 4.69) is 5.32 Å². The highest BCUT2D eigenvalue weighted by Gasteiger charge is 2.27. The lowest BCUT2D eigenvalue weighted by atomic mass is 10.0. The number of hydrogen-bond acceptors (Lipinski definition) is 4. The Bertz CT molecular complexity index is 775. The molecule has 2 aromatic rings. The van der Waals surface area contributed by atoms with Crippen molar-refractivity contribution in [3.8, 4) is 11.5 Å². The van der Waals surface area contributed by atoms with Crippen LogP contribution in [0.25, 0.3) is 0 Å². The lowest BCUT2D eigenvalue weighted by molar-refractivity contribution is 0.396. The number of nitrogens with one attached hydrogen (secondary N) is 2. The predicted octanol–water partition coefficient (Wildman–Crippen LogP) is 4.80. The Labute approximate surface area is 178 Å². The average molecular weight is 416 g/mol. The van der Waals surface area contributed by atoms with Crippen LogP contribution in [-0.4, -0.2) is 36.9 Å². The molecule has 5 nitrogen and oxygen atoms in total. The summed E-state index contributed by atoms with van der Waals surface area (Å²) in [7, 11) is 5.11. The summed E-state index contributed by atoms with van der Waals surface area (Å²) in [5.74, 6) is 2.00. The summed E-state index contributed by atoms with van der Waals surface area (Å²) in [6.07, 6.45) is 1.80. The molecule has 0 aliphatic heterocycles. The van der Waals surface area contributed by atoms with E-state index in [1.165, 1.54) is 0 Å². The normalized spacial score (nSPS) is 11.7. The molecule has 0 fully saturated rings. The van der Waals surface area contributed by atoms with Gasteiger partial charge in [-0.3, -0.25) is 5.41 Å². The Morgan fingerprint density at radius 3 is 1.69 bits per heavy atom. The van der Waals surface area contributed by atoms with Crippen LogP contribution in [0.4, 0.5) is 0 Å². The molecule has 0 saturated heterocycles. The summed E-state index contributed by atoms with van der Waals surface area (Å²) in [5.41, 5.74) is 2.89. The van der Waals surface area contributed by atoms with Gasteiger partial charge in [-0.25, -0.2) is 0 Å². The summed E-state index contributed by atoms with van der Waals surface area (Å²) in [6.45, 7) is 4.93. The molecule has 0 radical (unpaired) electrons. The SMILES string of the molecule is CN/C=C(/C(=N)N(Cc1ccc(OC)cc1)Cc1ccc(OC)cc1)C(C)(C)Cl. The predicted molar refractivity (Wildman–Crippen MR) is 120 cm³/mol. The highest BCUT2D eigenvalue weighted by Crippen LogP contribution is 2.27. The first-order valence-electron chi connectivity index (χ1n) is 9.45. The van der Waals surface area contributed by atoms with Crippen molar-refractivity contribution in [1.82, 2.24) is 10.2 Å². The topological polar surface area (TPSA) is 57.6 Å². The minimum atomic E-state index is -0.682. The van der Waals surface area contributed by atoms with Gasteiger partial charge in [-0.2, -0.15) is 0 Å². The van der Waals surface area contributed by atoms with Crippen LogP contribution < -0.4 is 14.8 Å². The molecule has 0 spiro atoms. The van der Waals surface area contributed by atoms with E-state index >= 15 is 0 Å². The molecule has 0 saturated carbocycles. The molecule has 0 bridgehead atoms. The Kier molecular flexibility index (Phi) is 7.97. The molecular weight excluding hydrogens is 386 g/mol. The van der Waals surface area contributed by atoms with Crippen molar-refractivity contribution in [2.45, 2.75) is 31.8 Å². The van der Waals surface area contributed by atoms with Crippen molar-refractivity contribution >= 4 is 17.4 Å². The van der Waals surface area contributed by atoms with E-state index in [9.17, 15) is 0 Å². The molecule has 0 unspecified atom stereocenters. The third-order valence-corrected chi connectivity index (χ3v) is 4.77. The van der Waals surface area contributed by atoms with E-state index in [-0.39, 0.29) is 0 Å².